The van der Waals surface area contributed by atoms with E-state index in [-0.39, 0.29) is 0 Å². The Morgan fingerprint density at radius 1 is 1.26 bits per heavy atom. The normalized spacial score (nSPS) is 14.4. The summed E-state index contributed by atoms with van der Waals surface area (Å²) in [6.07, 6.45) is 2.71. The van der Waals surface area contributed by atoms with Crippen LogP contribution in [0.1, 0.15) is 24.1 Å². The van der Waals surface area contributed by atoms with E-state index < -0.39 is 0 Å². The predicted octanol–water partition coefficient (Wildman–Crippen LogP) is 2.79. The number of ether oxygens (including phenoxy) is 2. The second-order valence-electron chi connectivity index (χ2n) is 4.95. The summed E-state index contributed by atoms with van der Waals surface area (Å²) in [6.45, 7) is 2.81. The molecule has 0 N–H and O–H groups in total. The first-order valence-electron chi connectivity index (χ1n) is 6.58. The number of hydrogen-bond acceptors (Lipinski definition) is 3. The molecule has 0 atom stereocenters. The molecule has 1 aromatic heterocycles. The molecule has 1 aromatic carbocycles. The number of aryl methyl sites for hydroxylation is 1. The minimum atomic E-state index is 0.392. The molecule has 0 amide bonds. The van der Waals surface area contributed by atoms with Gasteiger partial charge in [-0.2, -0.15) is 0 Å². The lowest BCUT2D eigenvalue weighted by Gasteiger charge is -2.05. The van der Waals surface area contributed by atoms with Gasteiger partial charge in [-0.05, 0) is 37.5 Å². The van der Waals surface area contributed by atoms with Crippen LogP contribution in [0, 0.1) is 6.92 Å². The zero-order chi connectivity index (χ0) is 13.2. The standard InChI is InChI=1S/C15H18N2O2/c1-11-9-15(19-14-7-8-14)16-17(11)10-12-3-5-13(18-2)6-4-12/h3-6,9,14H,7-8,10H2,1-2H3. The van der Waals surface area contributed by atoms with Crippen LogP contribution in [0.15, 0.2) is 30.3 Å². The molecule has 1 aliphatic rings. The van der Waals surface area contributed by atoms with Gasteiger partial charge in [-0.25, -0.2) is 0 Å². The molecule has 1 saturated carbocycles. The van der Waals surface area contributed by atoms with Crippen molar-refractivity contribution in [3.8, 4) is 11.6 Å². The van der Waals surface area contributed by atoms with Crippen LogP contribution in [0.5, 0.6) is 11.6 Å². The molecule has 2 aromatic rings. The summed E-state index contributed by atoms with van der Waals surface area (Å²) in [5.41, 5.74) is 2.32. The molecule has 0 aliphatic heterocycles. The van der Waals surface area contributed by atoms with E-state index in [0.717, 1.165) is 36.7 Å². The molecule has 1 aliphatic carbocycles. The Hall–Kier alpha value is -1.97. The van der Waals surface area contributed by atoms with Crippen molar-refractivity contribution in [1.82, 2.24) is 9.78 Å². The highest BCUT2D eigenvalue weighted by atomic mass is 16.5. The average Bonchev–Trinajstić information content (AvgIpc) is 3.16. The lowest BCUT2D eigenvalue weighted by Crippen LogP contribution is -2.04. The van der Waals surface area contributed by atoms with Gasteiger partial charge in [-0.3, -0.25) is 4.68 Å². The monoisotopic (exact) mass is 258 g/mol. The molecule has 100 valence electrons. The maximum Gasteiger partial charge on any atom is 0.233 e. The molecule has 0 bridgehead atoms. The topological polar surface area (TPSA) is 36.3 Å². The fraction of sp³-hybridized carbons (Fsp3) is 0.400. The summed E-state index contributed by atoms with van der Waals surface area (Å²) < 4.78 is 12.8. The Morgan fingerprint density at radius 2 is 2.00 bits per heavy atom. The van der Waals surface area contributed by atoms with Gasteiger partial charge < -0.3 is 9.47 Å². The van der Waals surface area contributed by atoms with Gasteiger partial charge in [0.1, 0.15) is 11.9 Å². The van der Waals surface area contributed by atoms with E-state index in [2.05, 4.69) is 24.2 Å². The molecule has 0 spiro atoms. The SMILES string of the molecule is COc1ccc(Cn2nc(OC3CC3)cc2C)cc1. The van der Waals surface area contributed by atoms with Crippen molar-refractivity contribution >= 4 is 0 Å². The van der Waals surface area contributed by atoms with E-state index in [1.54, 1.807) is 7.11 Å². The van der Waals surface area contributed by atoms with E-state index in [9.17, 15) is 0 Å². The third-order valence-corrected chi connectivity index (χ3v) is 3.26. The van der Waals surface area contributed by atoms with Crippen LogP contribution in [0.4, 0.5) is 0 Å². The number of benzene rings is 1. The number of methoxy groups -OCH3 is 1. The molecule has 19 heavy (non-hydrogen) atoms. The van der Waals surface area contributed by atoms with Crippen LogP contribution >= 0.6 is 0 Å². The van der Waals surface area contributed by atoms with Crippen molar-refractivity contribution in [3.63, 3.8) is 0 Å². The van der Waals surface area contributed by atoms with E-state index in [1.165, 1.54) is 5.56 Å². The molecular weight excluding hydrogens is 240 g/mol. The first-order valence-corrected chi connectivity index (χ1v) is 6.58. The lowest BCUT2D eigenvalue weighted by atomic mass is 10.2. The molecule has 3 rings (SSSR count). The molecule has 1 heterocycles. The predicted molar refractivity (Wildman–Crippen MR) is 72.7 cm³/mol. The number of aromatic nitrogens is 2. The molecular formula is C15H18N2O2. The van der Waals surface area contributed by atoms with Crippen LogP contribution in [-0.2, 0) is 6.54 Å². The Morgan fingerprint density at radius 3 is 2.63 bits per heavy atom. The number of rotatable bonds is 5. The lowest BCUT2D eigenvalue weighted by molar-refractivity contribution is 0.287. The molecule has 1 fully saturated rings. The van der Waals surface area contributed by atoms with Crippen LogP contribution in [0.25, 0.3) is 0 Å². The Balaban J connectivity index is 1.72. The molecule has 4 heteroatoms. The smallest absolute Gasteiger partial charge is 0.233 e. The van der Waals surface area contributed by atoms with Gasteiger partial charge in [0.25, 0.3) is 0 Å². The highest BCUT2D eigenvalue weighted by Gasteiger charge is 2.24. The second-order valence-corrected chi connectivity index (χ2v) is 4.95. The van der Waals surface area contributed by atoms with E-state index in [1.807, 2.05) is 22.9 Å². The quantitative estimate of drug-likeness (QED) is 0.827. The van der Waals surface area contributed by atoms with E-state index in [0.29, 0.717) is 6.10 Å². The van der Waals surface area contributed by atoms with Crippen molar-refractivity contribution in [2.24, 2.45) is 0 Å². The van der Waals surface area contributed by atoms with Gasteiger partial charge in [0, 0.05) is 11.8 Å². The van der Waals surface area contributed by atoms with Gasteiger partial charge in [0.2, 0.25) is 5.88 Å². The van der Waals surface area contributed by atoms with Gasteiger partial charge in [0.05, 0.1) is 13.7 Å². The van der Waals surface area contributed by atoms with Crippen molar-refractivity contribution in [2.75, 3.05) is 7.11 Å². The molecule has 4 nitrogen and oxygen atoms in total. The summed E-state index contributed by atoms with van der Waals surface area (Å²) in [7, 11) is 1.67. The largest absolute Gasteiger partial charge is 0.497 e. The first kappa shape index (κ1) is 12.1. The zero-order valence-corrected chi connectivity index (χ0v) is 11.3. The average molecular weight is 258 g/mol. The molecule has 0 saturated heterocycles. The second kappa shape index (κ2) is 4.96. The third kappa shape index (κ3) is 2.89. The van der Waals surface area contributed by atoms with Crippen LogP contribution in [0.2, 0.25) is 0 Å². The highest BCUT2D eigenvalue weighted by Crippen LogP contribution is 2.26. The van der Waals surface area contributed by atoms with Crippen molar-refractivity contribution in [2.45, 2.75) is 32.4 Å². The minimum absolute atomic E-state index is 0.392. The summed E-state index contributed by atoms with van der Waals surface area (Å²) >= 11 is 0. The number of hydrogen-bond donors (Lipinski definition) is 0. The first-order chi connectivity index (χ1) is 9.24. The Labute approximate surface area is 113 Å². The van der Waals surface area contributed by atoms with E-state index in [4.69, 9.17) is 9.47 Å². The zero-order valence-electron chi connectivity index (χ0n) is 11.3. The van der Waals surface area contributed by atoms with Gasteiger partial charge in [-0.15, -0.1) is 5.10 Å². The van der Waals surface area contributed by atoms with Crippen molar-refractivity contribution in [1.29, 1.82) is 0 Å². The molecule has 0 radical (unpaired) electrons. The highest BCUT2D eigenvalue weighted by molar-refractivity contribution is 5.27. The summed E-state index contributed by atoms with van der Waals surface area (Å²) in [5.74, 6) is 1.62. The Bertz CT molecular complexity index is 556. The fourth-order valence-corrected chi connectivity index (χ4v) is 1.96. The summed E-state index contributed by atoms with van der Waals surface area (Å²) in [4.78, 5) is 0. The van der Waals surface area contributed by atoms with Gasteiger partial charge in [0.15, 0.2) is 0 Å². The maximum atomic E-state index is 5.71. The van der Waals surface area contributed by atoms with Crippen LogP contribution < -0.4 is 9.47 Å². The maximum absolute atomic E-state index is 5.71. The summed E-state index contributed by atoms with van der Waals surface area (Å²) in [6, 6.07) is 10.1. The van der Waals surface area contributed by atoms with Crippen molar-refractivity contribution in [3.05, 3.63) is 41.6 Å². The number of nitrogens with zero attached hydrogens (tertiary/aromatic N) is 2. The third-order valence-electron chi connectivity index (χ3n) is 3.26. The minimum Gasteiger partial charge on any atom is -0.497 e. The van der Waals surface area contributed by atoms with Gasteiger partial charge >= 0.3 is 0 Å². The van der Waals surface area contributed by atoms with Gasteiger partial charge in [-0.1, -0.05) is 12.1 Å². The summed E-state index contributed by atoms with van der Waals surface area (Å²) in [5, 5.41) is 4.49. The Kier molecular flexibility index (Phi) is 3.15. The van der Waals surface area contributed by atoms with E-state index >= 15 is 0 Å². The van der Waals surface area contributed by atoms with Crippen LogP contribution in [-0.4, -0.2) is 23.0 Å². The molecule has 0 unspecified atom stereocenters. The van der Waals surface area contributed by atoms with Crippen LogP contribution in [0.3, 0.4) is 0 Å². The van der Waals surface area contributed by atoms with Crippen molar-refractivity contribution < 1.29 is 9.47 Å². The fourth-order valence-electron chi connectivity index (χ4n) is 1.96.